The zero-order chi connectivity index (χ0) is 24.7. The molecule has 194 valence electrons. The first kappa shape index (κ1) is 30.2. The molecule has 0 fully saturated rings. The van der Waals surface area contributed by atoms with Gasteiger partial charge in [0.1, 0.15) is 12.6 Å². The second-order valence-corrected chi connectivity index (χ2v) is 9.54. The van der Waals surface area contributed by atoms with Crippen molar-refractivity contribution in [2.45, 2.75) is 129 Å². The molecular weight excluding hydrogens is 424 g/mol. The molecule has 0 aliphatic rings. The number of hydrogen-bond acceptors (Lipinski definition) is 4. The summed E-state index contributed by atoms with van der Waals surface area (Å²) in [5.41, 5.74) is 6.88. The molecule has 5 nitrogen and oxygen atoms in total. The van der Waals surface area contributed by atoms with E-state index in [0.29, 0.717) is 19.4 Å². The number of esters is 1. The van der Waals surface area contributed by atoms with E-state index >= 15 is 0 Å². The van der Waals surface area contributed by atoms with Crippen molar-refractivity contribution in [1.29, 1.82) is 0 Å². The van der Waals surface area contributed by atoms with Gasteiger partial charge >= 0.3 is 5.97 Å². The fourth-order valence-electron chi connectivity index (χ4n) is 4.06. The van der Waals surface area contributed by atoms with Crippen molar-refractivity contribution in [1.82, 2.24) is 5.32 Å². The minimum atomic E-state index is -0.606. The first-order valence-corrected chi connectivity index (χ1v) is 13.9. The van der Waals surface area contributed by atoms with Gasteiger partial charge in [0.05, 0.1) is 0 Å². The lowest BCUT2D eigenvalue weighted by atomic mass is 10.0. The van der Waals surface area contributed by atoms with Crippen molar-refractivity contribution >= 4 is 11.9 Å². The highest BCUT2D eigenvalue weighted by Gasteiger charge is 2.14. The number of carbonyl (C=O) groups excluding carboxylic acids is 2. The third-order valence-electron chi connectivity index (χ3n) is 6.30. The summed E-state index contributed by atoms with van der Waals surface area (Å²) in [5, 5.41) is 2.98. The van der Waals surface area contributed by atoms with Gasteiger partial charge in [0.15, 0.2) is 0 Å². The molecular formula is C29H50N2O3. The van der Waals surface area contributed by atoms with Crippen LogP contribution in [0.3, 0.4) is 0 Å². The van der Waals surface area contributed by atoms with Gasteiger partial charge in [-0.15, -0.1) is 0 Å². The lowest BCUT2D eigenvalue weighted by Gasteiger charge is -2.12. The first-order chi connectivity index (χ1) is 16.6. The van der Waals surface area contributed by atoms with Gasteiger partial charge in [-0.3, -0.25) is 9.59 Å². The van der Waals surface area contributed by atoms with Crippen molar-refractivity contribution in [3.05, 3.63) is 35.9 Å². The van der Waals surface area contributed by atoms with E-state index in [1.165, 1.54) is 70.6 Å². The van der Waals surface area contributed by atoms with E-state index in [1.807, 2.05) is 30.3 Å². The molecule has 1 amide bonds. The number of hydrogen-bond donors (Lipinski definition) is 2. The number of carbonyl (C=O) groups is 2. The second kappa shape index (κ2) is 21.6. The van der Waals surface area contributed by atoms with Crippen molar-refractivity contribution in [3.8, 4) is 0 Å². The van der Waals surface area contributed by atoms with Gasteiger partial charge in [0.25, 0.3) is 0 Å². The van der Waals surface area contributed by atoms with Crippen LogP contribution in [0.15, 0.2) is 30.3 Å². The monoisotopic (exact) mass is 474 g/mol. The summed E-state index contributed by atoms with van der Waals surface area (Å²) in [5.74, 6) is -0.232. The number of ether oxygens (including phenoxy) is 1. The Kier molecular flexibility index (Phi) is 19.2. The molecule has 0 heterocycles. The smallest absolute Gasteiger partial charge is 0.323 e. The average molecular weight is 475 g/mol. The van der Waals surface area contributed by atoms with Crippen LogP contribution in [-0.2, 0) is 20.9 Å². The maximum atomic E-state index is 12.0. The highest BCUT2D eigenvalue weighted by atomic mass is 16.5. The minimum absolute atomic E-state index is 0.134. The van der Waals surface area contributed by atoms with Crippen molar-refractivity contribution in [3.63, 3.8) is 0 Å². The molecule has 3 N–H and O–H groups in total. The van der Waals surface area contributed by atoms with Crippen molar-refractivity contribution in [2.24, 2.45) is 5.73 Å². The minimum Gasteiger partial charge on any atom is -0.460 e. The van der Waals surface area contributed by atoms with Crippen LogP contribution in [0.25, 0.3) is 0 Å². The highest BCUT2D eigenvalue weighted by Crippen LogP contribution is 2.13. The Hall–Kier alpha value is -1.88. The zero-order valence-corrected chi connectivity index (χ0v) is 21.7. The molecule has 0 saturated heterocycles. The van der Waals surface area contributed by atoms with Crippen LogP contribution in [-0.4, -0.2) is 24.5 Å². The largest absolute Gasteiger partial charge is 0.460 e. The Labute approximate surface area is 208 Å². The summed E-state index contributed by atoms with van der Waals surface area (Å²) in [6.45, 7) is 3.16. The molecule has 34 heavy (non-hydrogen) atoms. The van der Waals surface area contributed by atoms with Gasteiger partial charge in [-0.25, -0.2) is 0 Å². The molecule has 1 aromatic carbocycles. The molecule has 0 unspecified atom stereocenters. The van der Waals surface area contributed by atoms with Gasteiger partial charge in [-0.2, -0.15) is 0 Å². The lowest BCUT2D eigenvalue weighted by molar-refractivity contribution is -0.146. The van der Waals surface area contributed by atoms with E-state index in [-0.39, 0.29) is 18.5 Å². The van der Waals surface area contributed by atoms with Gasteiger partial charge in [-0.1, -0.05) is 114 Å². The summed E-state index contributed by atoms with van der Waals surface area (Å²) < 4.78 is 5.26. The van der Waals surface area contributed by atoms with Gasteiger partial charge in [-0.05, 0) is 31.2 Å². The van der Waals surface area contributed by atoms with Crippen molar-refractivity contribution < 1.29 is 14.3 Å². The molecule has 0 saturated carbocycles. The molecule has 0 aliphatic carbocycles. The van der Waals surface area contributed by atoms with Crippen LogP contribution < -0.4 is 11.1 Å². The standard InChI is InChI=1S/C29H50N2O3/c1-2-3-4-5-6-7-8-9-10-11-12-13-17-23-28(32)31-24-19-18-22-27(30)29(33)34-25-26-20-15-14-16-21-26/h14-16,20-21,27H,2-13,17-19,22-25,30H2,1H3,(H,31,32)/t27-/m0/s1. The molecule has 0 aromatic heterocycles. The Bertz CT molecular complexity index is 621. The topological polar surface area (TPSA) is 81.4 Å². The number of amides is 1. The van der Waals surface area contributed by atoms with Gasteiger partial charge < -0.3 is 15.8 Å². The molecule has 0 radical (unpaired) electrons. The van der Waals surface area contributed by atoms with Crippen molar-refractivity contribution in [2.75, 3.05) is 6.54 Å². The number of nitrogens with two attached hydrogens (primary N) is 1. The first-order valence-electron chi connectivity index (χ1n) is 13.9. The van der Waals surface area contributed by atoms with E-state index in [4.69, 9.17) is 10.5 Å². The maximum absolute atomic E-state index is 12.0. The quantitative estimate of drug-likeness (QED) is 0.143. The van der Waals surface area contributed by atoms with Crippen LogP contribution in [0.2, 0.25) is 0 Å². The summed E-state index contributed by atoms with van der Waals surface area (Å²) in [7, 11) is 0. The number of rotatable bonds is 22. The van der Waals surface area contributed by atoms with Crippen LogP contribution in [0, 0.1) is 0 Å². The van der Waals surface area contributed by atoms with Crippen LogP contribution in [0.5, 0.6) is 0 Å². The summed E-state index contributed by atoms with van der Waals surface area (Å²) >= 11 is 0. The summed E-state index contributed by atoms with van der Waals surface area (Å²) in [6.07, 6.45) is 19.9. The molecule has 0 aliphatic heterocycles. The summed E-state index contributed by atoms with van der Waals surface area (Å²) in [6, 6.07) is 8.98. The molecule has 1 rings (SSSR count). The van der Waals surface area contributed by atoms with E-state index in [0.717, 1.165) is 31.2 Å². The highest BCUT2D eigenvalue weighted by molar-refractivity contribution is 5.76. The lowest BCUT2D eigenvalue weighted by Crippen LogP contribution is -2.32. The Morgan fingerprint density at radius 2 is 1.35 bits per heavy atom. The number of unbranched alkanes of at least 4 members (excludes halogenated alkanes) is 13. The van der Waals surface area contributed by atoms with Crippen LogP contribution in [0.4, 0.5) is 0 Å². The Balaban J connectivity index is 1.85. The fourth-order valence-corrected chi connectivity index (χ4v) is 4.06. The normalized spacial score (nSPS) is 11.8. The third-order valence-corrected chi connectivity index (χ3v) is 6.30. The maximum Gasteiger partial charge on any atom is 0.323 e. The predicted molar refractivity (Wildman–Crippen MR) is 141 cm³/mol. The summed E-state index contributed by atoms with van der Waals surface area (Å²) in [4.78, 5) is 23.9. The zero-order valence-electron chi connectivity index (χ0n) is 21.7. The molecule has 1 atom stereocenters. The van der Waals surface area contributed by atoms with E-state index in [1.54, 1.807) is 0 Å². The van der Waals surface area contributed by atoms with Crippen LogP contribution in [0.1, 0.15) is 122 Å². The Morgan fingerprint density at radius 1 is 0.794 bits per heavy atom. The number of benzene rings is 1. The average Bonchev–Trinajstić information content (AvgIpc) is 2.85. The third kappa shape index (κ3) is 17.6. The van der Waals surface area contributed by atoms with Gasteiger partial charge in [0.2, 0.25) is 5.91 Å². The van der Waals surface area contributed by atoms with E-state index in [9.17, 15) is 9.59 Å². The number of nitrogens with one attached hydrogen (secondary N) is 1. The van der Waals surface area contributed by atoms with E-state index < -0.39 is 6.04 Å². The van der Waals surface area contributed by atoms with E-state index in [2.05, 4.69) is 12.2 Å². The second-order valence-electron chi connectivity index (χ2n) is 9.54. The SMILES string of the molecule is CCCCCCCCCCCCCCCC(=O)NCCCC[C@H](N)C(=O)OCc1ccccc1. The Morgan fingerprint density at radius 3 is 1.94 bits per heavy atom. The predicted octanol–water partition coefficient (Wildman–Crippen LogP) is 6.82. The molecule has 0 spiro atoms. The van der Waals surface area contributed by atoms with Crippen LogP contribution >= 0.6 is 0 Å². The molecule has 5 heteroatoms. The molecule has 1 aromatic rings. The van der Waals surface area contributed by atoms with Gasteiger partial charge in [0, 0.05) is 13.0 Å². The fraction of sp³-hybridized carbons (Fsp3) is 0.724. The molecule has 0 bridgehead atoms.